The third kappa shape index (κ3) is 3.70. The molecule has 150 valence electrons. The van der Waals surface area contributed by atoms with E-state index in [0.717, 1.165) is 10.1 Å². The molecule has 1 N–H and O–H groups in total. The number of hydrogen-bond acceptors (Lipinski definition) is 7. The van der Waals surface area contributed by atoms with Gasteiger partial charge >= 0.3 is 5.69 Å². The van der Waals surface area contributed by atoms with Crippen LogP contribution in [-0.4, -0.2) is 29.8 Å². The summed E-state index contributed by atoms with van der Waals surface area (Å²) in [6, 6.07) is 5.85. The molecule has 0 amide bonds. The number of rotatable bonds is 6. The summed E-state index contributed by atoms with van der Waals surface area (Å²) in [5.41, 5.74) is 3.70. The molecule has 1 aromatic carbocycles. The first kappa shape index (κ1) is 19.7. The largest absolute Gasteiger partial charge is 0.332 e. The predicted octanol–water partition coefficient (Wildman–Crippen LogP) is 1.36. The number of aryl methyl sites for hydroxylation is 1. The van der Waals surface area contributed by atoms with Gasteiger partial charge in [0.05, 0.1) is 11.1 Å². The number of nitro benzene ring substituents is 1. The van der Waals surface area contributed by atoms with Gasteiger partial charge in [0, 0.05) is 32.8 Å². The van der Waals surface area contributed by atoms with Crippen LogP contribution in [0.25, 0.3) is 11.2 Å². The Morgan fingerprint density at radius 2 is 1.93 bits per heavy atom. The SMILES string of the molecule is C=C(C)Cn1c(N/N=C\c2ccc([N+](=O)[O-])cc2)nc2c1c(=O)n(C)c(=O)n2C. The van der Waals surface area contributed by atoms with Gasteiger partial charge < -0.3 is 0 Å². The second-order valence-corrected chi connectivity index (χ2v) is 6.58. The number of benzene rings is 1. The van der Waals surface area contributed by atoms with Gasteiger partial charge in [-0.3, -0.25) is 28.6 Å². The third-order valence-electron chi connectivity index (χ3n) is 4.26. The van der Waals surface area contributed by atoms with E-state index in [1.807, 2.05) is 6.92 Å². The fourth-order valence-electron chi connectivity index (χ4n) is 2.80. The summed E-state index contributed by atoms with van der Waals surface area (Å²) in [6.45, 7) is 5.99. The van der Waals surface area contributed by atoms with Crippen LogP contribution in [0, 0.1) is 10.1 Å². The smallest absolute Gasteiger partial charge is 0.299 e. The van der Waals surface area contributed by atoms with E-state index in [4.69, 9.17) is 0 Å². The third-order valence-corrected chi connectivity index (χ3v) is 4.26. The van der Waals surface area contributed by atoms with E-state index < -0.39 is 16.2 Å². The van der Waals surface area contributed by atoms with Gasteiger partial charge in [0.15, 0.2) is 11.2 Å². The van der Waals surface area contributed by atoms with Crippen molar-refractivity contribution in [3.8, 4) is 0 Å². The van der Waals surface area contributed by atoms with Gasteiger partial charge in [0.2, 0.25) is 5.95 Å². The van der Waals surface area contributed by atoms with Crippen LogP contribution < -0.4 is 16.7 Å². The molecule has 3 rings (SSSR count). The molecule has 0 fully saturated rings. The fourth-order valence-corrected chi connectivity index (χ4v) is 2.80. The number of hydrazone groups is 1. The van der Waals surface area contributed by atoms with Crippen LogP contribution in [0.5, 0.6) is 0 Å². The number of imidazole rings is 1. The van der Waals surface area contributed by atoms with Crippen molar-refractivity contribution < 1.29 is 4.92 Å². The van der Waals surface area contributed by atoms with Crippen molar-refractivity contribution in [1.29, 1.82) is 0 Å². The molecule has 2 aromatic heterocycles. The Kier molecular flexibility index (Phi) is 5.13. The maximum absolute atomic E-state index is 12.6. The zero-order valence-electron chi connectivity index (χ0n) is 16.1. The Labute approximate surface area is 164 Å². The van der Waals surface area contributed by atoms with E-state index in [9.17, 15) is 19.7 Å². The summed E-state index contributed by atoms with van der Waals surface area (Å²) in [6.07, 6.45) is 1.46. The minimum atomic E-state index is -0.483. The molecule has 3 aromatic rings. The maximum Gasteiger partial charge on any atom is 0.332 e. The molecule has 0 aliphatic heterocycles. The highest BCUT2D eigenvalue weighted by atomic mass is 16.6. The minimum absolute atomic E-state index is 0.0184. The fraction of sp³-hybridized carbons (Fsp3) is 0.222. The molecule has 0 radical (unpaired) electrons. The average molecular weight is 397 g/mol. The summed E-state index contributed by atoms with van der Waals surface area (Å²) in [5, 5.41) is 14.8. The van der Waals surface area contributed by atoms with Gasteiger partial charge in [-0.05, 0) is 24.6 Å². The van der Waals surface area contributed by atoms with E-state index >= 15 is 0 Å². The maximum atomic E-state index is 12.6. The Bertz CT molecular complexity index is 1260. The average Bonchev–Trinajstić information content (AvgIpc) is 3.03. The van der Waals surface area contributed by atoms with Gasteiger partial charge in [-0.25, -0.2) is 10.2 Å². The Balaban J connectivity index is 2.02. The number of nitrogens with one attached hydrogen (secondary N) is 1. The van der Waals surface area contributed by atoms with Gasteiger partial charge in [-0.1, -0.05) is 12.2 Å². The Hall–Kier alpha value is -4.02. The quantitative estimate of drug-likeness (QED) is 0.289. The topological polar surface area (TPSA) is 129 Å². The lowest BCUT2D eigenvalue weighted by molar-refractivity contribution is -0.384. The lowest BCUT2D eigenvalue weighted by Gasteiger charge is -2.08. The Morgan fingerprint density at radius 3 is 2.52 bits per heavy atom. The molecule has 0 aliphatic rings. The molecule has 0 aliphatic carbocycles. The first-order valence-electron chi connectivity index (χ1n) is 8.55. The summed E-state index contributed by atoms with van der Waals surface area (Å²) >= 11 is 0. The zero-order chi connectivity index (χ0) is 21.3. The van der Waals surface area contributed by atoms with Crippen molar-refractivity contribution in [2.75, 3.05) is 5.43 Å². The Morgan fingerprint density at radius 1 is 1.28 bits per heavy atom. The highest BCUT2D eigenvalue weighted by molar-refractivity contribution is 5.81. The molecule has 0 unspecified atom stereocenters. The molecular weight excluding hydrogens is 378 g/mol. The lowest BCUT2D eigenvalue weighted by Crippen LogP contribution is -2.37. The highest BCUT2D eigenvalue weighted by Gasteiger charge is 2.18. The van der Waals surface area contributed by atoms with Gasteiger partial charge in [0.25, 0.3) is 11.2 Å². The van der Waals surface area contributed by atoms with Crippen molar-refractivity contribution in [2.24, 2.45) is 19.2 Å². The normalized spacial score (nSPS) is 11.3. The number of aromatic nitrogens is 4. The second kappa shape index (κ2) is 7.54. The highest BCUT2D eigenvalue weighted by Crippen LogP contribution is 2.17. The zero-order valence-corrected chi connectivity index (χ0v) is 16.1. The standard InChI is InChI=1S/C18H19N7O4/c1-11(2)10-24-14-15(22(3)18(27)23(4)16(14)26)20-17(24)21-19-9-12-5-7-13(8-6-12)25(28)29/h5-9H,1,10H2,2-4H3,(H,20,21)/b19-9-. The number of hydrogen-bond donors (Lipinski definition) is 1. The molecule has 0 atom stereocenters. The van der Waals surface area contributed by atoms with Crippen LogP contribution in [0.3, 0.4) is 0 Å². The van der Waals surface area contributed by atoms with Crippen molar-refractivity contribution in [1.82, 2.24) is 18.7 Å². The van der Waals surface area contributed by atoms with E-state index in [1.165, 1.54) is 37.0 Å². The summed E-state index contributed by atoms with van der Waals surface area (Å²) in [5.74, 6) is 0.263. The summed E-state index contributed by atoms with van der Waals surface area (Å²) in [4.78, 5) is 39.4. The predicted molar refractivity (Wildman–Crippen MR) is 109 cm³/mol. The molecule has 0 saturated carbocycles. The molecule has 0 bridgehead atoms. The van der Waals surface area contributed by atoms with Crippen molar-refractivity contribution in [3.63, 3.8) is 0 Å². The molecule has 29 heavy (non-hydrogen) atoms. The number of nitro groups is 1. The molecule has 11 nitrogen and oxygen atoms in total. The minimum Gasteiger partial charge on any atom is -0.299 e. The van der Waals surface area contributed by atoms with Gasteiger partial charge in [-0.15, -0.1) is 0 Å². The van der Waals surface area contributed by atoms with Crippen molar-refractivity contribution in [2.45, 2.75) is 13.5 Å². The first-order valence-corrected chi connectivity index (χ1v) is 8.55. The van der Waals surface area contributed by atoms with E-state index in [1.54, 1.807) is 16.7 Å². The number of allylic oxidation sites excluding steroid dienone is 1. The molecule has 0 spiro atoms. The van der Waals surface area contributed by atoms with Crippen LogP contribution >= 0.6 is 0 Å². The molecule has 0 saturated heterocycles. The van der Waals surface area contributed by atoms with E-state index in [0.29, 0.717) is 12.1 Å². The molecule has 2 heterocycles. The second-order valence-electron chi connectivity index (χ2n) is 6.58. The van der Waals surface area contributed by atoms with Crippen LogP contribution in [0.4, 0.5) is 11.6 Å². The van der Waals surface area contributed by atoms with E-state index in [-0.39, 0.29) is 22.8 Å². The van der Waals surface area contributed by atoms with Crippen LogP contribution in [0.2, 0.25) is 0 Å². The number of fused-ring (bicyclic) bond motifs is 1. The van der Waals surface area contributed by atoms with Crippen molar-refractivity contribution in [3.05, 3.63) is 72.9 Å². The molecular formula is C18H19N7O4. The monoisotopic (exact) mass is 397 g/mol. The first-order chi connectivity index (χ1) is 13.7. The molecule has 11 heteroatoms. The number of non-ortho nitro benzene ring substituents is 1. The van der Waals surface area contributed by atoms with Crippen LogP contribution in [-0.2, 0) is 20.6 Å². The summed E-state index contributed by atoms with van der Waals surface area (Å²) in [7, 11) is 2.94. The van der Waals surface area contributed by atoms with Gasteiger partial charge in [0.1, 0.15) is 0 Å². The van der Waals surface area contributed by atoms with Gasteiger partial charge in [-0.2, -0.15) is 10.1 Å². The van der Waals surface area contributed by atoms with Crippen LogP contribution in [0.1, 0.15) is 12.5 Å². The number of anilines is 1. The van der Waals surface area contributed by atoms with Crippen LogP contribution in [0.15, 0.2) is 51.1 Å². The lowest BCUT2D eigenvalue weighted by atomic mass is 10.2. The summed E-state index contributed by atoms with van der Waals surface area (Å²) < 4.78 is 3.91. The number of nitrogens with zero attached hydrogens (tertiary/aromatic N) is 6. The van der Waals surface area contributed by atoms with Crippen molar-refractivity contribution >= 4 is 29.0 Å². The van der Waals surface area contributed by atoms with E-state index in [2.05, 4.69) is 22.1 Å².